The highest BCUT2D eigenvalue weighted by atomic mass is 35.5. The molecule has 1 fully saturated rings. The Balaban J connectivity index is 2.03. The molecule has 2 rings (SSSR count). The van der Waals surface area contributed by atoms with Gasteiger partial charge in [-0.15, -0.1) is 0 Å². The fourth-order valence-electron chi connectivity index (χ4n) is 2.58. The lowest BCUT2D eigenvalue weighted by molar-refractivity contribution is 0.260. The molecule has 0 aromatic carbocycles. The van der Waals surface area contributed by atoms with Crippen molar-refractivity contribution in [3.8, 4) is 0 Å². The summed E-state index contributed by atoms with van der Waals surface area (Å²) in [5.41, 5.74) is 0. The Morgan fingerprint density at radius 1 is 1.28 bits per heavy atom. The average molecular weight is 268 g/mol. The largest absolute Gasteiger partial charge is 0.367 e. The van der Waals surface area contributed by atoms with Crippen LogP contribution in [0.15, 0.2) is 6.07 Å². The minimum absolute atomic E-state index is 0.520. The molecule has 0 spiro atoms. The van der Waals surface area contributed by atoms with Crippen LogP contribution in [0, 0.1) is 11.8 Å². The van der Waals surface area contributed by atoms with Crippen LogP contribution in [0.1, 0.15) is 45.9 Å². The third kappa shape index (κ3) is 3.35. The second-order valence-corrected chi connectivity index (χ2v) is 5.84. The monoisotopic (exact) mass is 267 g/mol. The SMILES string of the molecule is CCc1nc(Cl)cc(NC2CCC(C)C(C)C2)n1. The normalized spacial score (nSPS) is 28.1. The summed E-state index contributed by atoms with van der Waals surface area (Å²) < 4.78 is 0. The van der Waals surface area contributed by atoms with E-state index in [1.165, 1.54) is 19.3 Å². The lowest BCUT2D eigenvalue weighted by atomic mass is 9.79. The molecule has 0 saturated heterocycles. The Kier molecular flexibility index (Phi) is 4.44. The molecule has 1 heterocycles. The van der Waals surface area contributed by atoms with Crippen molar-refractivity contribution in [3.05, 3.63) is 17.0 Å². The number of nitrogens with one attached hydrogen (secondary N) is 1. The van der Waals surface area contributed by atoms with Crippen LogP contribution in [-0.4, -0.2) is 16.0 Å². The lowest BCUT2D eigenvalue weighted by Crippen LogP contribution is -2.30. The van der Waals surface area contributed by atoms with E-state index in [1.54, 1.807) is 0 Å². The fraction of sp³-hybridized carbons (Fsp3) is 0.714. The van der Waals surface area contributed by atoms with Gasteiger partial charge in [-0.1, -0.05) is 32.4 Å². The van der Waals surface area contributed by atoms with E-state index in [9.17, 15) is 0 Å². The van der Waals surface area contributed by atoms with Gasteiger partial charge in [-0.25, -0.2) is 9.97 Å². The minimum atomic E-state index is 0.520. The molecule has 1 saturated carbocycles. The summed E-state index contributed by atoms with van der Waals surface area (Å²) in [7, 11) is 0. The molecule has 3 unspecified atom stereocenters. The summed E-state index contributed by atoms with van der Waals surface area (Å²) in [4.78, 5) is 8.67. The zero-order valence-corrected chi connectivity index (χ0v) is 12.2. The molecule has 0 aliphatic heterocycles. The lowest BCUT2D eigenvalue weighted by Gasteiger charge is -2.32. The number of hydrogen-bond acceptors (Lipinski definition) is 3. The van der Waals surface area contributed by atoms with Crippen LogP contribution >= 0.6 is 11.6 Å². The summed E-state index contributed by atoms with van der Waals surface area (Å²) in [5, 5.41) is 4.04. The first kappa shape index (κ1) is 13.6. The maximum absolute atomic E-state index is 6.01. The van der Waals surface area contributed by atoms with E-state index in [1.807, 2.05) is 13.0 Å². The first-order chi connectivity index (χ1) is 8.58. The number of hydrogen-bond donors (Lipinski definition) is 1. The Morgan fingerprint density at radius 2 is 2.06 bits per heavy atom. The van der Waals surface area contributed by atoms with Crippen LogP contribution in [-0.2, 0) is 6.42 Å². The smallest absolute Gasteiger partial charge is 0.134 e. The molecular weight excluding hydrogens is 246 g/mol. The van der Waals surface area contributed by atoms with E-state index >= 15 is 0 Å². The minimum Gasteiger partial charge on any atom is -0.367 e. The van der Waals surface area contributed by atoms with E-state index in [4.69, 9.17) is 11.6 Å². The third-order valence-electron chi connectivity index (χ3n) is 4.01. The standard InChI is InChI=1S/C14H22ClN3/c1-4-13-17-12(15)8-14(18-13)16-11-6-5-9(2)10(3)7-11/h8-11H,4-7H2,1-3H3,(H,16,17,18). The number of anilines is 1. The molecule has 3 atom stereocenters. The van der Waals surface area contributed by atoms with Crippen molar-refractivity contribution >= 4 is 17.4 Å². The van der Waals surface area contributed by atoms with E-state index in [-0.39, 0.29) is 0 Å². The average Bonchev–Trinajstić information content (AvgIpc) is 2.33. The third-order valence-corrected chi connectivity index (χ3v) is 4.20. The molecule has 4 heteroatoms. The summed E-state index contributed by atoms with van der Waals surface area (Å²) in [6.45, 7) is 6.72. The maximum Gasteiger partial charge on any atom is 0.134 e. The van der Waals surface area contributed by atoms with Crippen LogP contribution in [0.4, 0.5) is 5.82 Å². The molecule has 1 aliphatic carbocycles. The Labute approximate surface area is 114 Å². The quantitative estimate of drug-likeness (QED) is 0.844. The molecule has 0 amide bonds. The van der Waals surface area contributed by atoms with Gasteiger partial charge in [0.25, 0.3) is 0 Å². The molecule has 1 aliphatic rings. The van der Waals surface area contributed by atoms with Crippen molar-refractivity contribution in [1.82, 2.24) is 9.97 Å². The van der Waals surface area contributed by atoms with E-state index in [2.05, 4.69) is 29.1 Å². The van der Waals surface area contributed by atoms with Gasteiger partial charge in [-0.2, -0.15) is 0 Å². The molecule has 3 nitrogen and oxygen atoms in total. The van der Waals surface area contributed by atoms with Gasteiger partial charge in [0.15, 0.2) is 0 Å². The van der Waals surface area contributed by atoms with Gasteiger partial charge in [-0.05, 0) is 31.1 Å². The summed E-state index contributed by atoms with van der Waals surface area (Å²) >= 11 is 6.01. The summed E-state index contributed by atoms with van der Waals surface area (Å²) in [5.74, 6) is 3.29. The second kappa shape index (κ2) is 5.87. The first-order valence-corrected chi connectivity index (χ1v) is 7.26. The molecule has 100 valence electrons. The number of nitrogens with zero attached hydrogens (tertiary/aromatic N) is 2. The van der Waals surface area contributed by atoms with Crippen LogP contribution in [0.2, 0.25) is 5.15 Å². The van der Waals surface area contributed by atoms with Crippen LogP contribution < -0.4 is 5.32 Å². The number of rotatable bonds is 3. The molecule has 0 bridgehead atoms. The van der Waals surface area contributed by atoms with Crippen molar-refractivity contribution in [1.29, 1.82) is 0 Å². The van der Waals surface area contributed by atoms with E-state index < -0.39 is 0 Å². The van der Waals surface area contributed by atoms with Gasteiger partial charge in [-0.3, -0.25) is 0 Å². The molecule has 1 aromatic heterocycles. The molecule has 1 N–H and O–H groups in total. The van der Waals surface area contributed by atoms with Crippen LogP contribution in [0.5, 0.6) is 0 Å². The van der Waals surface area contributed by atoms with Crippen LogP contribution in [0.25, 0.3) is 0 Å². The highest BCUT2D eigenvalue weighted by Crippen LogP contribution is 2.30. The predicted octanol–water partition coefficient (Wildman–Crippen LogP) is 3.93. The molecule has 1 aromatic rings. The van der Waals surface area contributed by atoms with Gasteiger partial charge in [0.2, 0.25) is 0 Å². The second-order valence-electron chi connectivity index (χ2n) is 5.45. The Morgan fingerprint density at radius 3 is 2.72 bits per heavy atom. The zero-order valence-electron chi connectivity index (χ0n) is 11.4. The molecular formula is C14H22ClN3. The maximum atomic E-state index is 6.01. The van der Waals surface area contributed by atoms with Crippen LogP contribution in [0.3, 0.4) is 0 Å². The number of aromatic nitrogens is 2. The van der Waals surface area contributed by atoms with E-state index in [0.717, 1.165) is 29.9 Å². The molecule has 18 heavy (non-hydrogen) atoms. The van der Waals surface area contributed by atoms with Gasteiger partial charge in [0.1, 0.15) is 16.8 Å². The predicted molar refractivity (Wildman–Crippen MR) is 76.0 cm³/mol. The van der Waals surface area contributed by atoms with Crippen molar-refractivity contribution < 1.29 is 0 Å². The fourth-order valence-corrected chi connectivity index (χ4v) is 2.79. The first-order valence-electron chi connectivity index (χ1n) is 6.88. The van der Waals surface area contributed by atoms with Gasteiger partial charge in [0.05, 0.1) is 0 Å². The highest BCUT2D eigenvalue weighted by molar-refractivity contribution is 6.29. The van der Waals surface area contributed by atoms with Gasteiger partial charge >= 0.3 is 0 Å². The van der Waals surface area contributed by atoms with Crippen molar-refractivity contribution in [2.75, 3.05) is 5.32 Å². The van der Waals surface area contributed by atoms with Gasteiger partial charge < -0.3 is 5.32 Å². The topological polar surface area (TPSA) is 37.8 Å². The Bertz CT molecular complexity index is 408. The van der Waals surface area contributed by atoms with E-state index in [0.29, 0.717) is 11.2 Å². The summed E-state index contributed by atoms with van der Waals surface area (Å²) in [6.07, 6.45) is 4.53. The summed E-state index contributed by atoms with van der Waals surface area (Å²) in [6, 6.07) is 2.34. The zero-order chi connectivity index (χ0) is 13.1. The number of aryl methyl sites for hydroxylation is 1. The highest BCUT2D eigenvalue weighted by Gasteiger charge is 2.24. The Hall–Kier alpha value is -0.830. The van der Waals surface area contributed by atoms with Crippen molar-refractivity contribution in [2.45, 2.75) is 52.5 Å². The van der Waals surface area contributed by atoms with Crippen molar-refractivity contribution in [2.24, 2.45) is 11.8 Å². The molecule has 0 radical (unpaired) electrons. The number of halogens is 1. The van der Waals surface area contributed by atoms with Crippen molar-refractivity contribution in [3.63, 3.8) is 0 Å². The van der Waals surface area contributed by atoms with Gasteiger partial charge in [0, 0.05) is 18.5 Å².